The van der Waals surface area contributed by atoms with E-state index in [9.17, 15) is 14.3 Å². The third-order valence-corrected chi connectivity index (χ3v) is 4.93. The topological polar surface area (TPSA) is 53.4 Å². The summed E-state index contributed by atoms with van der Waals surface area (Å²) in [7, 11) is 0. The fourth-order valence-electron chi connectivity index (χ4n) is 3.52. The lowest BCUT2D eigenvalue weighted by atomic mass is 9.93. The lowest BCUT2D eigenvalue weighted by Gasteiger charge is -2.27. The zero-order valence-corrected chi connectivity index (χ0v) is 15.3. The molecule has 1 atom stereocenters. The van der Waals surface area contributed by atoms with Gasteiger partial charge in [-0.15, -0.1) is 0 Å². The molecule has 0 aliphatic carbocycles. The SMILES string of the molecule is Cc1ccc(C2=C(O)C(=O)N(Cc3cccnc3)[C@H]2c2ccc(F)cc2)cc1. The normalized spacial score (nSPS) is 16.7. The van der Waals surface area contributed by atoms with Gasteiger partial charge in [0.25, 0.3) is 5.91 Å². The molecule has 2 heterocycles. The molecule has 1 N–H and O–H groups in total. The van der Waals surface area contributed by atoms with Crippen molar-refractivity contribution >= 4 is 11.5 Å². The molecule has 28 heavy (non-hydrogen) atoms. The van der Waals surface area contributed by atoms with Crippen molar-refractivity contribution in [2.75, 3.05) is 0 Å². The van der Waals surface area contributed by atoms with Gasteiger partial charge in [-0.3, -0.25) is 9.78 Å². The largest absolute Gasteiger partial charge is 0.503 e. The molecule has 1 amide bonds. The molecule has 2 aromatic carbocycles. The van der Waals surface area contributed by atoms with Crippen LogP contribution in [-0.2, 0) is 11.3 Å². The van der Waals surface area contributed by atoms with Gasteiger partial charge in [-0.25, -0.2) is 4.39 Å². The molecular weight excluding hydrogens is 355 g/mol. The number of rotatable bonds is 4. The van der Waals surface area contributed by atoms with Crippen molar-refractivity contribution in [3.8, 4) is 0 Å². The molecule has 1 aliphatic heterocycles. The Labute approximate surface area is 162 Å². The molecule has 1 aromatic heterocycles. The van der Waals surface area contributed by atoms with Crippen molar-refractivity contribution in [3.05, 3.63) is 107 Å². The molecule has 140 valence electrons. The van der Waals surface area contributed by atoms with E-state index >= 15 is 0 Å². The highest BCUT2D eigenvalue weighted by molar-refractivity contribution is 6.05. The first kappa shape index (κ1) is 17.9. The number of carbonyl (C=O) groups excluding carboxylic acids is 1. The summed E-state index contributed by atoms with van der Waals surface area (Å²) in [6.45, 7) is 2.26. The fourth-order valence-corrected chi connectivity index (χ4v) is 3.52. The minimum atomic E-state index is -0.518. The van der Waals surface area contributed by atoms with Crippen molar-refractivity contribution in [3.63, 3.8) is 0 Å². The van der Waals surface area contributed by atoms with Crippen molar-refractivity contribution in [2.45, 2.75) is 19.5 Å². The highest BCUT2D eigenvalue weighted by atomic mass is 19.1. The lowest BCUT2D eigenvalue weighted by molar-refractivity contribution is -0.130. The van der Waals surface area contributed by atoms with Crippen LogP contribution in [0.3, 0.4) is 0 Å². The molecule has 0 fully saturated rings. The number of benzene rings is 2. The number of aromatic nitrogens is 1. The van der Waals surface area contributed by atoms with Gasteiger partial charge in [0.15, 0.2) is 5.76 Å². The summed E-state index contributed by atoms with van der Waals surface area (Å²) in [6.07, 6.45) is 3.36. The summed E-state index contributed by atoms with van der Waals surface area (Å²) in [4.78, 5) is 18.6. The minimum Gasteiger partial charge on any atom is -0.503 e. The van der Waals surface area contributed by atoms with Crippen LogP contribution in [0, 0.1) is 12.7 Å². The van der Waals surface area contributed by atoms with Crippen LogP contribution in [-0.4, -0.2) is 20.9 Å². The van der Waals surface area contributed by atoms with E-state index in [0.29, 0.717) is 5.57 Å². The van der Waals surface area contributed by atoms with Crippen LogP contribution in [0.2, 0.25) is 0 Å². The Kier molecular flexibility index (Phi) is 4.65. The summed E-state index contributed by atoms with van der Waals surface area (Å²) in [5.74, 6) is -1.08. The Bertz CT molecular complexity index is 1030. The first-order chi connectivity index (χ1) is 13.5. The number of aryl methyl sites for hydroxylation is 1. The van der Waals surface area contributed by atoms with Crippen LogP contribution in [0.25, 0.3) is 5.57 Å². The zero-order valence-electron chi connectivity index (χ0n) is 15.3. The fraction of sp³-hybridized carbons (Fsp3) is 0.130. The van der Waals surface area contributed by atoms with Crippen LogP contribution in [0.1, 0.15) is 28.3 Å². The van der Waals surface area contributed by atoms with Gasteiger partial charge in [0, 0.05) is 24.5 Å². The number of hydrogen-bond donors (Lipinski definition) is 1. The van der Waals surface area contributed by atoms with Crippen LogP contribution in [0.4, 0.5) is 4.39 Å². The van der Waals surface area contributed by atoms with Gasteiger partial charge in [0.2, 0.25) is 0 Å². The second-order valence-electron chi connectivity index (χ2n) is 6.88. The number of aliphatic hydroxyl groups is 1. The van der Waals surface area contributed by atoms with E-state index in [-0.39, 0.29) is 18.1 Å². The summed E-state index contributed by atoms with van der Waals surface area (Å²) < 4.78 is 13.5. The highest BCUT2D eigenvalue weighted by Gasteiger charge is 2.40. The van der Waals surface area contributed by atoms with Gasteiger partial charge in [-0.05, 0) is 41.8 Å². The Morgan fingerprint density at radius 1 is 1.07 bits per heavy atom. The van der Waals surface area contributed by atoms with Crippen LogP contribution >= 0.6 is 0 Å². The molecule has 0 spiro atoms. The van der Waals surface area contributed by atoms with Crippen LogP contribution in [0.5, 0.6) is 0 Å². The molecule has 0 saturated carbocycles. The van der Waals surface area contributed by atoms with Crippen LogP contribution < -0.4 is 0 Å². The summed E-state index contributed by atoms with van der Waals surface area (Å²) in [5.41, 5.74) is 3.96. The Morgan fingerprint density at radius 2 is 1.79 bits per heavy atom. The molecule has 0 saturated heterocycles. The second kappa shape index (κ2) is 7.27. The smallest absolute Gasteiger partial charge is 0.290 e. The number of pyridine rings is 1. The maximum atomic E-state index is 13.5. The van der Waals surface area contributed by atoms with Crippen molar-refractivity contribution < 1.29 is 14.3 Å². The summed E-state index contributed by atoms with van der Waals surface area (Å²) >= 11 is 0. The van der Waals surface area contributed by atoms with Crippen molar-refractivity contribution in [1.29, 1.82) is 0 Å². The Balaban J connectivity index is 1.81. The van der Waals surface area contributed by atoms with Crippen molar-refractivity contribution in [2.24, 2.45) is 0 Å². The summed E-state index contributed by atoms with van der Waals surface area (Å²) in [5, 5.41) is 10.7. The van der Waals surface area contributed by atoms with Gasteiger partial charge in [-0.2, -0.15) is 0 Å². The highest BCUT2D eigenvalue weighted by Crippen LogP contribution is 2.43. The van der Waals surface area contributed by atoms with E-state index in [4.69, 9.17) is 0 Å². The van der Waals surface area contributed by atoms with Gasteiger partial charge < -0.3 is 10.0 Å². The lowest BCUT2D eigenvalue weighted by Crippen LogP contribution is -2.29. The van der Waals surface area contributed by atoms with Gasteiger partial charge in [0.05, 0.1) is 6.04 Å². The molecule has 4 nitrogen and oxygen atoms in total. The van der Waals surface area contributed by atoms with Crippen LogP contribution in [0.15, 0.2) is 78.8 Å². The van der Waals surface area contributed by atoms with E-state index in [1.165, 1.54) is 12.1 Å². The minimum absolute atomic E-state index is 0.276. The quantitative estimate of drug-likeness (QED) is 0.727. The molecule has 5 heteroatoms. The number of halogens is 1. The van der Waals surface area contributed by atoms with E-state index in [0.717, 1.165) is 22.3 Å². The monoisotopic (exact) mass is 374 g/mol. The molecule has 0 bridgehead atoms. The number of amides is 1. The summed E-state index contributed by atoms with van der Waals surface area (Å²) in [6, 6.07) is 16.8. The number of nitrogens with zero attached hydrogens (tertiary/aromatic N) is 2. The predicted molar refractivity (Wildman–Crippen MR) is 105 cm³/mol. The molecule has 0 unspecified atom stereocenters. The van der Waals surface area contributed by atoms with E-state index < -0.39 is 11.9 Å². The average molecular weight is 374 g/mol. The van der Waals surface area contributed by atoms with E-state index in [2.05, 4.69) is 4.98 Å². The number of hydrogen-bond acceptors (Lipinski definition) is 3. The maximum Gasteiger partial charge on any atom is 0.290 e. The Hall–Kier alpha value is -3.47. The van der Waals surface area contributed by atoms with Gasteiger partial charge >= 0.3 is 0 Å². The van der Waals surface area contributed by atoms with E-state index in [1.54, 1.807) is 35.5 Å². The Morgan fingerprint density at radius 3 is 2.43 bits per heavy atom. The third-order valence-electron chi connectivity index (χ3n) is 4.93. The van der Waals surface area contributed by atoms with Gasteiger partial charge in [0.1, 0.15) is 5.82 Å². The standard InChI is InChI=1S/C23H19FN2O2/c1-15-4-6-17(7-5-15)20-21(18-8-10-19(24)11-9-18)26(23(28)22(20)27)14-16-3-2-12-25-13-16/h2-13,21,27H,14H2,1H3/t21-/m0/s1. The first-order valence-corrected chi connectivity index (χ1v) is 9.00. The average Bonchev–Trinajstić information content (AvgIpc) is 2.95. The molecular formula is C23H19FN2O2. The van der Waals surface area contributed by atoms with Crippen molar-refractivity contribution in [1.82, 2.24) is 9.88 Å². The van der Waals surface area contributed by atoms with Gasteiger partial charge in [-0.1, -0.05) is 48.0 Å². The number of aliphatic hydroxyl groups excluding tert-OH is 1. The molecule has 3 aromatic rings. The second-order valence-corrected chi connectivity index (χ2v) is 6.88. The molecule has 4 rings (SSSR count). The molecule has 1 aliphatic rings. The number of carbonyl (C=O) groups is 1. The third kappa shape index (κ3) is 3.27. The predicted octanol–water partition coefficient (Wildman–Crippen LogP) is 4.58. The molecule has 0 radical (unpaired) electrons. The first-order valence-electron chi connectivity index (χ1n) is 9.00. The van der Waals surface area contributed by atoms with E-state index in [1.807, 2.05) is 37.3 Å². The zero-order chi connectivity index (χ0) is 19.7. The maximum absolute atomic E-state index is 13.5.